The molecule has 0 radical (unpaired) electrons. The van der Waals surface area contributed by atoms with Crippen LogP contribution in [0.1, 0.15) is 17.0 Å². The molecule has 1 fully saturated rings. The zero-order valence-electron chi connectivity index (χ0n) is 15.5. The van der Waals surface area contributed by atoms with E-state index in [4.69, 9.17) is 14.2 Å². The maximum Gasteiger partial charge on any atom is 0.310 e. The molecule has 1 aliphatic rings. The monoisotopic (exact) mass is 355 g/mol. The maximum absolute atomic E-state index is 12.5. The molecule has 0 saturated carbocycles. The van der Waals surface area contributed by atoms with Crippen LogP contribution in [-0.4, -0.2) is 45.3 Å². The molecule has 0 spiro atoms. The minimum atomic E-state index is -0.256. The SMILES string of the molecule is COC(=O)[C@H]1CN(Cc2ccccc2)C[C@H]1c1c(OC)cccc1OC. The van der Waals surface area contributed by atoms with E-state index in [1.165, 1.54) is 12.7 Å². The highest BCUT2D eigenvalue weighted by molar-refractivity contribution is 5.75. The predicted octanol–water partition coefficient (Wildman–Crippen LogP) is 3.09. The van der Waals surface area contributed by atoms with E-state index in [2.05, 4.69) is 17.0 Å². The van der Waals surface area contributed by atoms with Crippen molar-refractivity contribution in [2.75, 3.05) is 34.4 Å². The molecular weight excluding hydrogens is 330 g/mol. The lowest BCUT2D eigenvalue weighted by atomic mass is 9.87. The second kappa shape index (κ2) is 8.23. The van der Waals surface area contributed by atoms with Crippen molar-refractivity contribution < 1.29 is 19.0 Å². The Balaban J connectivity index is 1.92. The molecule has 2 aromatic rings. The van der Waals surface area contributed by atoms with Gasteiger partial charge in [-0.3, -0.25) is 9.69 Å². The lowest BCUT2D eigenvalue weighted by molar-refractivity contribution is -0.145. The maximum atomic E-state index is 12.5. The number of rotatable bonds is 6. The zero-order valence-corrected chi connectivity index (χ0v) is 15.5. The number of hydrogen-bond acceptors (Lipinski definition) is 5. The molecule has 1 aliphatic heterocycles. The van der Waals surface area contributed by atoms with Crippen LogP contribution in [0.5, 0.6) is 11.5 Å². The Bertz CT molecular complexity index is 725. The van der Waals surface area contributed by atoms with Gasteiger partial charge in [0.25, 0.3) is 0 Å². The molecule has 2 atom stereocenters. The van der Waals surface area contributed by atoms with E-state index in [1.54, 1.807) is 14.2 Å². The number of carbonyl (C=O) groups excluding carboxylic acids is 1. The molecule has 0 unspecified atom stereocenters. The van der Waals surface area contributed by atoms with Crippen LogP contribution in [0.2, 0.25) is 0 Å². The van der Waals surface area contributed by atoms with Gasteiger partial charge in [0, 0.05) is 31.1 Å². The van der Waals surface area contributed by atoms with Gasteiger partial charge in [-0.25, -0.2) is 0 Å². The molecule has 26 heavy (non-hydrogen) atoms. The van der Waals surface area contributed by atoms with Crippen molar-refractivity contribution in [1.29, 1.82) is 0 Å². The molecule has 0 N–H and O–H groups in total. The summed E-state index contributed by atoms with van der Waals surface area (Å²) >= 11 is 0. The summed E-state index contributed by atoms with van der Waals surface area (Å²) in [5.74, 6) is 0.985. The van der Waals surface area contributed by atoms with Crippen LogP contribution < -0.4 is 9.47 Å². The summed E-state index contributed by atoms with van der Waals surface area (Å²) in [6, 6.07) is 16.0. The van der Waals surface area contributed by atoms with Gasteiger partial charge in [-0.15, -0.1) is 0 Å². The summed E-state index contributed by atoms with van der Waals surface area (Å²) in [6.45, 7) is 2.18. The molecule has 0 aromatic heterocycles. The van der Waals surface area contributed by atoms with Crippen molar-refractivity contribution >= 4 is 5.97 Å². The molecule has 138 valence electrons. The first-order valence-electron chi connectivity index (χ1n) is 8.73. The zero-order chi connectivity index (χ0) is 18.5. The predicted molar refractivity (Wildman–Crippen MR) is 99.5 cm³/mol. The second-order valence-corrected chi connectivity index (χ2v) is 6.49. The third-order valence-electron chi connectivity index (χ3n) is 4.99. The van der Waals surface area contributed by atoms with E-state index in [0.29, 0.717) is 6.54 Å². The Labute approximate surface area is 154 Å². The smallest absolute Gasteiger partial charge is 0.310 e. The topological polar surface area (TPSA) is 48.0 Å². The molecule has 1 saturated heterocycles. The van der Waals surface area contributed by atoms with E-state index in [-0.39, 0.29) is 17.8 Å². The molecular formula is C21H25NO4. The first-order valence-corrected chi connectivity index (χ1v) is 8.73. The largest absolute Gasteiger partial charge is 0.496 e. The Kier molecular flexibility index (Phi) is 5.78. The first kappa shape index (κ1) is 18.3. The number of esters is 1. The van der Waals surface area contributed by atoms with Crippen LogP contribution in [0.4, 0.5) is 0 Å². The van der Waals surface area contributed by atoms with Crippen LogP contribution in [0.3, 0.4) is 0 Å². The number of hydrogen-bond donors (Lipinski definition) is 0. The van der Waals surface area contributed by atoms with Crippen molar-refractivity contribution in [1.82, 2.24) is 4.90 Å². The van der Waals surface area contributed by atoms with Gasteiger partial charge in [0.05, 0.1) is 27.2 Å². The Morgan fingerprint density at radius 2 is 1.62 bits per heavy atom. The van der Waals surface area contributed by atoms with Crippen LogP contribution >= 0.6 is 0 Å². The normalized spacial score (nSPS) is 20.0. The number of nitrogens with zero attached hydrogens (tertiary/aromatic N) is 1. The van der Waals surface area contributed by atoms with Gasteiger partial charge in [-0.1, -0.05) is 36.4 Å². The van der Waals surface area contributed by atoms with Crippen LogP contribution in [0.25, 0.3) is 0 Å². The standard InChI is InChI=1S/C21H25NO4/c1-24-18-10-7-11-19(25-2)20(18)16-13-22(14-17(16)21(23)26-3)12-15-8-5-4-6-9-15/h4-11,16-17H,12-14H2,1-3H3/t16-,17+/m1/s1. The lowest BCUT2D eigenvalue weighted by Crippen LogP contribution is -2.24. The molecule has 5 heteroatoms. The quantitative estimate of drug-likeness (QED) is 0.745. The summed E-state index contributed by atoms with van der Waals surface area (Å²) in [6.07, 6.45) is 0. The Hall–Kier alpha value is -2.53. The van der Waals surface area contributed by atoms with Crippen LogP contribution in [0.15, 0.2) is 48.5 Å². The number of methoxy groups -OCH3 is 3. The van der Waals surface area contributed by atoms with Crippen molar-refractivity contribution in [3.8, 4) is 11.5 Å². The van der Waals surface area contributed by atoms with Gasteiger partial charge in [0.15, 0.2) is 0 Å². The number of benzene rings is 2. The van der Waals surface area contributed by atoms with Gasteiger partial charge in [0.1, 0.15) is 11.5 Å². The first-order chi connectivity index (χ1) is 12.7. The van der Waals surface area contributed by atoms with Crippen molar-refractivity contribution in [2.24, 2.45) is 5.92 Å². The molecule has 2 aromatic carbocycles. The molecule has 1 heterocycles. The van der Waals surface area contributed by atoms with E-state index in [1.807, 2.05) is 36.4 Å². The molecule has 0 bridgehead atoms. The minimum absolute atomic E-state index is 0.0442. The van der Waals surface area contributed by atoms with Crippen molar-refractivity contribution in [3.63, 3.8) is 0 Å². The Morgan fingerprint density at radius 3 is 2.19 bits per heavy atom. The average Bonchev–Trinajstić information content (AvgIpc) is 3.10. The molecule has 5 nitrogen and oxygen atoms in total. The fourth-order valence-corrected chi connectivity index (χ4v) is 3.78. The van der Waals surface area contributed by atoms with Gasteiger partial charge in [-0.05, 0) is 17.7 Å². The lowest BCUT2D eigenvalue weighted by Gasteiger charge is -2.22. The van der Waals surface area contributed by atoms with Gasteiger partial charge in [-0.2, -0.15) is 0 Å². The number of carbonyl (C=O) groups is 1. The highest BCUT2D eigenvalue weighted by Gasteiger charge is 2.41. The van der Waals surface area contributed by atoms with Crippen molar-refractivity contribution in [3.05, 3.63) is 59.7 Å². The number of likely N-dealkylation sites (tertiary alicyclic amines) is 1. The molecule has 0 aliphatic carbocycles. The number of ether oxygens (including phenoxy) is 3. The highest BCUT2D eigenvalue weighted by atomic mass is 16.5. The van der Waals surface area contributed by atoms with Crippen LogP contribution in [-0.2, 0) is 16.1 Å². The highest BCUT2D eigenvalue weighted by Crippen LogP contribution is 2.43. The minimum Gasteiger partial charge on any atom is -0.496 e. The summed E-state index contributed by atoms with van der Waals surface area (Å²) < 4.78 is 16.2. The Morgan fingerprint density at radius 1 is 0.962 bits per heavy atom. The average molecular weight is 355 g/mol. The second-order valence-electron chi connectivity index (χ2n) is 6.49. The summed E-state index contributed by atoms with van der Waals surface area (Å²) in [4.78, 5) is 14.7. The van der Waals surface area contributed by atoms with Gasteiger partial charge < -0.3 is 14.2 Å². The van der Waals surface area contributed by atoms with E-state index in [0.717, 1.165) is 30.2 Å². The molecule has 0 amide bonds. The van der Waals surface area contributed by atoms with E-state index < -0.39 is 0 Å². The third-order valence-corrected chi connectivity index (χ3v) is 4.99. The van der Waals surface area contributed by atoms with E-state index in [9.17, 15) is 4.79 Å². The third kappa shape index (κ3) is 3.68. The molecule has 3 rings (SSSR count). The fourth-order valence-electron chi connectivity index (χ4n) is 3.78. The van der Waals surface area contributed by atoms with Crippen molar-refractivity contribution in [2.45, 2.75) is 12.5 Å². The van der Waals surface area contributed by atoms with Gasteiger partial charge in [0.2, 0.25) is 0 Å². The van der Waals surface area contributed by atoms with Crippen LogP contribution in [0, 0.1) is 5.92 Å². The summed E-state index contributed by atoms with van der Waals surface area (Å²) in [5.41, 5.74) is 2.16. The van der Waals surface area contributed by atoms with Gasteiger partial charge >= 0.3 is 5.97 Å². The van der Waals surface area contributed by atoms with E-state index >= 15 is 0 Å². The summed E-state index contributed by atoms with van der Waals surface area (Å²) in [7, 11) is 4.73. The fraction of sp³-hybridized carbons (Fsp3) is 0.381. The summed E-state index contributed by atoms with van der Waals surface area (Å²) in [5, 5.41) is 0.